The van der Waals surface area contributed by atoms with Gasteiger partial charge in [-0.2, -0.15) is 0 Å². The summed E-state index contributed by atoms with van der Waals surface area (Å²) >= 11 is 0. The molecule has 0 aromatic heterocycles. The molecule has 236 valence electrons. The molecule has 0 unspecified atom stereocenters. The number of hydrogen-bond acceptors (Lipinski definition) is 1. The molecule has 0 N–H and O–H groups in total. The second-order valence-corrected chi connectivity index (χ2v) is 14.9. The van der Waals surface area contributed by atoms with Gasteiger partial charge in [-0.05, 0) is 134 Å². The van der Waals surface area contributed by atoms with Gasteiger partial charge in [-0.1, -0.05) is 131 Å². The van der Waals surface area contributed by atoms with E-state index >= 15 is 0 Å². The molecule has 1 aliphatic carbocycles. The highest BCUT2D eigenvalue weighted by Gasteiger charge is 2.37. The van der Waals surface area contributed by atoms with Gasteiger partial charge in [-0.3, -0.25) is 0 Å². The van der Waals surface area contributed by atoms with Crippen LogP contribution in [0.1, 0.15) is 57.2 Å². The summed E-state index contributed by atoms with van der Waals surface area (Å²) in [4.78, 5) is 2.36. The fourth-order valence-corrected chi connectivity index (χ4v) is 7.93. The van der Waals surface area contributed by atoms with Crippen molar-refractivity contribution >= 4 is 38.6 Å². The first-order chi connectivity index (χ1) is 23.2. The average molecular weight is 622 g/mol. The SMILES string of the molecule is Cc1cc2c(cc1-c1ccc(N(c3ccccc3)c3ccc(-c4cc5ccccc5c5ccccc45)cc3)cc1)C(C)(C)CCC2(C)C. The number of rotatable bonds is 5. The van der Waals surface area contributed by atoms with E-state index in [9.17, 15) is 0 Å². The highest BCUT2D eigenvalue weighted by molar-refractivity contribution is 6.13. The molecule has 7 aromatic carbocycles. The van der Waals surface area contributed by atoms with Gasteiger partial charge in [0, 0.05) is 17.1 Å². The van der Waals surface area contributed by atoms with Crippen molar-refractivity contribution < 1.29 is 0 Å². The summed E-state index contributed by atoms with van der Waals surface area (Å²) in [6, 6.07) is 53.7. The molecule has 0 atom stereocenters. The Hall–Kier alpha value is -5.14. The van der Waals surface area contributed by atoms with Crippen LogP contribution in [0.2, 0.25) is 0 Å². The lowest BCUT2D eigenvalue weighted by Gasteiger charge is -2.42. The lowest BCUT2D eigenvalue weighted by atomic mass is 9.62. The summed E-state index contributed by atoms with van der Waals surface area (Å²) in [7, 11) is 0. The van der Waals surface area contributed by atoms with Gasteiger partial charge in [0.15, 0.2) is 0 Å². The van der Waals surface area contributed by atoms with Crippen LogP contribution in [0.4, 0.5) is 17.1 Å². The minimum absolute atomic E-state index is 0.183. The first-order valence-corrected chi connectivity index (χ1v) is 17.3. The molecule has 0 amide bonds. The van der Waals surface area contributed by atoms with Crippen molar-refractivity contribution in [2.75, 3.05) is 4.90 Å². The lowest BCUT2D eigenvalue weighted by Crippen LogP contribution is -2.34. The first kappa shape index (κ1) is 30.2. The Kier molecular flexibility index (Phi) is 7.26. The molecule has 7 aromatic rings. The average Bonchev–Trinajstić information content (AvgIpc) is 3.11. The summed E-state index contributed by atoms with van der Waals surface area (Å²) < 4.78 is 0. The monoisotopic (exact) mass is 621 g/mol. The minimum atomic E-state index is 0.183. The predicted octanol–water partition coefficient (Wildman–Crippen LogP) is 13.5. The van der Waals surface area contributed by atoms with E-state index in [4.69, 9.17) is 0 Å². The zero-order valence-electron chi connectivity index (χ0n) is 28.7. The third-order valence-electron chi connectivity index (χ3n) is 10.9. The van der Waals surface area contributed by atoms with Crippen LogP contribution >= 0.6 is 0 Å². The van der Waals surface area contributed by atoms with Crippen LogP contribution in [0.15, 0.2) is 146 Å². The number of benzene rings is 7. The first-order valence-electron chi connectivity index (χ1n) is 17.3. The number of para-hydroxylation sites is 1. The van der Waals surface area contributed by atoms with Crippen LogP contribution in [-0.2, 0) is 10.8 Å². The van der Waals surface area contributed by atoms with Gasteiger partial charge in [0.25, 0.3) is 0 Å². The normalized spacial score (nSPS) is 14.9. The van der Waals surface area contributed by atoms with Crippen LogP contribution in [0, 0.1) is 6.92 Å². The Morgan fingerprint density at radius 2 is 0.917 bits per heavy atom. The van der Waals surface area contributed by atoms with Gasteiger partial charge in [0.05, 0.1) is 0 Å². The van der Waals surface area contributed by atoms with Crippen LogP contribution in [0.3, 0.4) is 0 Å². The van der Waals surface area contributed by atoms with Gasteiger partial charge in [-0.15, -0.1) is 0 Å². The maximum Gasteiger partial charge on any atom is 0.0462 e. The lowest BCUT2D eigenvalue weighted by molar-refractivity contribution is 0.332. The molecule has 0 radical (unpaired) electrons. The Morgan fingerprint density at radius 1 is 0.438 bits per heavy atom. The van der Waals surface area contributed by atoms with Crippen LogP contribution in [0.5, 0.6) is 0 Å². The van der Waals surface area contributed by atoms with E-state index in [0.717, 1.165) is 17.1 Å². The Balaban J connectivity index is 1.18. The minimum Gasteiger partial charge on any atom is -0.311 e. The number of fused-ring (bicyclic) bond motifs is 4. The second-order valence-electron chi connectivity index (χ2n) is 14.9. The van der Waals surface area contributed by atoms with E-state index < -0.39 is 0 Å². The number of hydrogen-bond donors (Lipinski definition) is 0. The molecular weight excluding hydrogens is 579 g/mol. The Labute approximate surface area is 285 Å². The largest absolute Gasteiger partial charge is 0.311 e. The fourth-order valence-electron chi connectivity index (χ4n) is 7.93. The van der Waals surface area contributed by atoms with Crippen LogP contribution < -0.4 is 4.90 Å². The van der Waals surface area contributed by atoms with Crippen molar-refractivity contribution in [2.45, 2.75) is 58.3 Å². The van der Waals surface area contributed by atoms with Gasteiger partial charge in [-0.25, -0.2) is 0 Å². The summed E-state index contributed by atoms with van der Waals surface area (Å²) in [6.45, 7) is 11.9. The van der Waals surface area contributed by atoms with E-state index in [-0.39, 0.29) is 10.8 Å². The predicted molar refractivity (Wildman–Crippen MR) is 207 cm³/mol. The van der Waals surface area contributed by atoms with Crippen molar-refractivity contribution in [1.29, 1.82) is 0 Å². The Morgan fingerprint density at radius 3 is 1.54 bits per heavy atom. The third-order valence-corrected chi connectivity index (χ3v) is 10.9. The summed E-state index contributed by atoms with van der Waals surface area (Å²) in [6.07, 6.45) is 2.45. The summed E-state index contributed by atoms with van der Waals surface area (Å²) in [5, 5.41) is 5.14. The van der Waals surface area contributed by atoms with Crippen molar-refractivity contribution in [3.8, 4) is 22.3 Å². The molecule has 0 aliphatic heterocycles. The zero-order valence-corrected chi connectivity index (χ0v) is 28.7. The molecule has 0 saturated carbocycles. The van der Waals surface area contributed by atoms with Crippen LogP contribution in [-0.4, -0.2) is 0 Å². The smallest absolute Gasteiger partial charge is 0.0462 e. The molecule has 48 heavy (non-hydrogen) atoms. The molecule has 8 rings (SSSR count). The van der Waals surface area contributed by atoms with E-state index in [1.807, 2.05) is 0 Å². The van der Waals surface area contributed by atoms with E-state index in [2.05, 4.69) is 185 Å². The van der Waals surface area contributed by atoms with E-state index in [1.54, 1.807) is 0 Å². The number of nitrogens with zero attached hydrogens (tertiary/aromatic N) is 1. The van der Waals surface area contributed by atoms with Crippen molar-refractivity contribution in [1.82, 2.24) is 0 Å². The molecule has 0 spiro atoms. The van der Waals surface area contributed by atoms with Crippen molar-refractivity contribution in [3.05, 3.63) is 162 Å². The topological polar surface area (TPSA) is 3.24 Å². The maximum absolute atomic E-state index is 2.49. The third kappa shape index (κ3) is 5.19. The second kappa shape index (κ2) is 11.5. The van der Waals surface area contributed by atoms with Gasteiger partial charge >= 0.3 is 0 Å². The molecule has 0 fully saturated rings. The molecule has 0 heterocycles. The molecule has 0 saturated heterocycles. The number of aryl methyl sites for hydroxylation is 1. The summed E-state index contributed by atoms with van der Waals surface area (Å²) in [5.41, 5.74) is 13.3. The molecule has 1 aliphatic rings. The number of anilines is 3. The maximum atomic E-state index is 2.49. The molecule has 1 nitrogen and oxygen atoms in total. The van der Waals surface area contributed by atoms with Gasteiger partial charge in [0.1, 0.15) is 0 Å². The zero-order chi connectivity index (χ0) is 33.0. The van der Waals surface area contributed by atoms with Gasteiger partial charge < -0.3 is 4.90 Å². The van der Waals surface area contributed by atoms with E-state index in [1.165, 1.54) is 73.3 Å². The van der Waals surface area contributed by atoms with Crippen molar-refractivity contribution in [2.24, 2.45) is 0 Å². The van der Waals surface area contributed by atoms with Crippen LogP contribution in [0.25, 0.3) is 43.8 Å². The van der Waals surface area contributed by atoms with Gasteiger partial charge in [0.2, 0.25) is 0 Å². The molecule has 0 bridgehead atoms. The quantitative estimate of drug-likeness (QED) is 0.173. The highest BCUT2D eigenvalue weighted by atomic mass is 15.1. The fraction of sp³-hybridized carbons (Fsp3) is 0.191. The standard InChI is InChI=1S/C47H43N/c1-32-29-44-45(47(4,5)28-27-46(44,2)3)31-42(32)33-19-23-37(24-20-33)48(36-14-7-6-8-15-36)38-25-21-34(22-26-38)43-30-35-13-9-10-16-39(35)40-17-11-12-18-41(40)43/h6-26,29-31H,27-28H2,1-5H3. The molecule has 1 heteroatoms. The highest BCUT2D eigenvalue weighted by Crippen LogP contribution is 2.48. The molecular formula is C47H43N. The summed E-state index contributed by atoms with van der Waals surface area (Å²) in [5.74, 6) is 0. The van der Waals surface area contributed by atoms with Crippen molar-refractivity contribution in [3.63, 3.8) is 0 Å². The van der Waals surface area contributed by atoms with E-state index in [0.29, 0.717) is 0 Å². The Bertz CT molecular complexity index is 2270.